The Morgan fingerprint density at radius 2 is 1.24 bits per heavy atom. The first kappa shape index (κ1) is 35.9. The van der Waals surface area contributed by atoms with Gasteiger partial charge < -0.3 is 9.30 Å². The van der Waals surface area contributed by atoms with Gasteiger partial charge in [0.25, 0.3) is 0 Å². The monoisotopic (exact) mass is 807 g/mol. The molecule has 0 radical (unpaired) electrons. The second-order valence-electron chi connectivity index (χ2n) is 17.1. The van der Waals surface area contributed by atoms with Crippen molar-refractivity contribution in [2.24, 2.45) is 5.92 Å². The predicted octanol–water partition coefficient (Wildman–Crippen LogP) is 14.3. The maximum absolute atomic E-state index is 6.78. The average Bonchev–Trinajstić information content (AvgIpc) is 3.85. The highest BCUT2D eigenvalue weighted by molar-refractivity contribution is 5.91. The van der Waals surface area contributed by atoms with Gasteiger partial charge in [-0.15, -0.1) is 0 Å². The molecule has 0 amide bonds. The van der Waals surface area contributed by atoms with E-state index < -0.39 is 5.41 Å². The summed E-state index contributed by atoms with van der Waals surface area (Å²) in [5, 5.41) is 1.34. The van der Waals surface area contributed by atoms with Crippen LogP contribution in [0.5, 0.6) is 11.5 Å². The molecular formula is C59H41N3O. The third-order valence-corrected chi connectivity index (χ3v) is 13.8. The topological polar surface area (TPSA) is 39.9 Å². The molecule has 4 heteroatoms. The fourth-order valence-corrected chi connectivity index (χ4v) is 11.1. The maximum Gasteiger partial charge on any atom is 0.160 e. The fraction of sp³-hybridized carbons (Fsp3) is 0.0847. The molecule has 0 bridgehead atoms. The Morgan fingerprint density at radius 1 is 0.540 bits per heavy atom. The minimum Gasteiger partial charge on any atom is -0.457 e. The van der Waals surface area contributed by atoms with E-state index >= 15 is 0 Å². The summed E-state index contributed by atoms with van der Waals surface area (Å²) < 4.78 is 9.19. The van der Waals surface area contributed by atoms with E-state index in [1.54, 1.807) is 0 Å². The number of ether oxygens (including phenoxy) is 1. The first-order valence-corrected chi connectivity index (χ1v) is 22.0. The molecule has 0 N–H and O–H groups in total. The second-order valence-corrected chi connectivity index (χ2v) is 17.1. The minimum absolute atomic E-state index is 0.182. The quantitative estimate of drug-likeness (QED) is 0.174. The molecule has 0 saturated heterocycles. The molecule has 2 aromatic heterocycles. The lowest BCUT2D eigenvalue weighted by Gasteiger charge is -2.43. The summed E-state index contributed by atoms with van der Waals surface area (Å²) >= 11 is 0. The standard InChI is InChI=1S/C59H41N3O/c1-2-15-39(16-3-1)58-60-52(41-18-14-17-40(35-41)38-29-32-43(33-30-38)62-54-26-11-6-21-46(54)47-22-7-12-27-55(47)62)37-53(61-58)42-31-34-57-51(36-42)59(50-25-10-13-28-56(50)63-57)48-23-8-4-19-44(48)45-20-5-9-24-49(45)59/h1-6,8-21,23-37,44,48H,7,22H2. The van der Waals surface area contributed by atoms with Crippen molar-refractivity contribution in [3.05, 3.63) is 240 Å². The Morgan fingerprint density at radius 3 is 2.13 bits per heavy atom. The third kappa shape index (κ3) is 5.47. The van der Waals surface area contributed by atoms with Crippen LogP contribution in [0.15, 0.2) is 206 Å². The highest BCUT2D eigenvalue weighted by Crippen LogP contribution is 2.64. The van der Waals surface area contributed by atoms with Crippen LogP contribution in [0.2, 0.25) is 0 Å². The third-order valence-electron chi connectivity index (χ3n) is 13.8. The number of aromatic nitrogens is 3. The summed E-state index contributed by atoms with van der Waals surface area (Å²) in [7, 11) is 0. The van der Waals surface area contributed by atoms with E-state index in [0.29, 0.717) is 5.82 Å². The number of benzene rings is 7. The number of allylic oxidation sites excluding steroid dienone is 5. The smallest absolute Gasteiger partial charge is 0.160 e. The summed E-state index contributed by atoms with van der Waals surface area (Å²) in [5.41, 5.74) is 16.8. The van der Waals surface area contributed by atoms with Gasteiger partial charge in [0.2, 0.25) is 0 Å². The van der Waals surface area contributed by atoms with E-state index in [0.717, 1.165) is 69.1 Å². The zero-order chi connectivity index (χ0) is 41.5. The number of aryl methyl sites for hydroxylation is 1. The van der Waals surface area contributed by atoms with Gasteiger partial charge in [-0.1, -0.05) is 152 Å². The SMILES string of the molecule is C1=CC2c3ccccc3C3(c4ccccc4Oc4ccc(-c5cc(-c6cccc(-c7ccc(-n8c9c(c%10ccccc%108)CCC=C9)cc7)c6)nc(-c6ccccc6)n5)cc43)C2C=C1. The largest absolute Gasteiger partial charge is 0.457 e. The van der Waals surface area contributed by atoms with Crippen LogP contribution in [-0.2, 0) is 11.8 Å². The van der Waals surface area contributed by atoms with Crippen LogP contribution in [0.3, 0.4) is 0 Å². The molecule has 1 spiro atoms. The van der Waals surface area contributed by atoms with Crippen LogP contribution in [0.25, 0.3) is 67.7 Å². The van der Waals surface area contributed by atoms with Crippen LogP contribution in [0, 0.1) is 5.92 Å². The number of hydrogen-bond donors (Lipinski definition) is 0. The Balaban J connectivity index is 0.933. The number of nitrogens with zero attached hydrogens (tertiary/aromatic N) is 3. The number of fused-ring (bicyclic) bond motifs is 12. The van der Waals surface area contributed by atoms with E-state index in [1.807, 2.05) is 6.07 Å². The Bertz CT molecular complexity index is 3390. The lowest BCUT2D eigenvalue weighted by molar-refractivity contribution is 0.374. The maximum atomic E-state index is 6.78. The normalized spacial score (nSPS) is 18.7. The van der Waals surface area contributed by atoms with E-state index in [1.165, 1.54) is 44.5 Å². The van der Waals surface area contributed by atoms with Gasteiger partial charge in [-0.05, 0) is 101 Å². The molecule has 3 heterocycles. The van der Waals surface area contributed by atoms with Crippen molar-refractivity contribution in [1.29, 1.82) is 0 Å². The van der Waals surface area contributed by atoms with Gasteiger partial charge >= 0.3 is 0 Å². The second kappa shape index (κ2) is 14.1. The van der Waals surface area contributed by atoms with Gasteiger partial charge in [0, 0.05) is 56.4 Å². The van der Waals surface area contributed by atoms with Gasteiger partial charge in [-0.25, -0.2) is 9.97 Å². The van der Waals surface area contributed by atoms with Gasteiger partial charge in [0.1, 0.15) is 11.5 Å². The lowest BCUT2D eigenvalue weighted by Crippen LogP contribution is -2.37. The van der Waals surface area contributed by atoms with Gasteiger partial charge in [-0.2, -0.15) is 0 Å². The Hall–Kier alpha value is -7.82. The molecule has 3 aliphatic carbocycles. The summed E-state index contributed by atoms with van der Waals surface area (Å²) in [6.45, 7) is 0. The van der Waals surface area contributed by atoms with Crippen molar-refractivity contribution in [1.82, 2.24) is 14.5 Å². The summed E-state index contributed by atoms with van der Waals surface area (Å²) in [6, 6.07) is 63.3. The van der Waals surface area contributed by atoms with Crippen molar-refractivity contribution in [3.8, 4) is 62.2 Å². The molecule has 4 nitrogen and oxygen atoms in total. The van der Waals surface area contributed by atoms with E-state index in [9.17, 15) is 0 Å². The molecule has 13 rings (SSSR count). The van der Waals surface area contributed by atoms with E-state index in [4.69, 9.17) is 14.7 Å². The predicted molar refractivity (Wildman–Crippen MR) is 255 cm³/mol. The molecule has 0 fully saturated rings. The molecule has 298 valence electrons. The van der Waals surface area contributed by atoms with Crippen LogP contribution < -0.4 is 4.74 Å². The molecule has 4 aliphatic rings. The minimum atomic E-state index is -0.449. The summed E-state index contributed by atoms with van der Waals surface area (Å²) in [6.07, 6.45) is 15.9. The van der Waals surface area contributed by atoms with Crippen molar-refractivity contribution >= 4 is 17.0 Å². The summed E-state index contributed by atoms with van der Waals surface area (Å²) in [4.78, 5) is 10.6. The van der Waals surface area contributed by atoms with Crippen LogP contribution >= 0.6 is 0 Å². The van der Waals surface area contributed by atoms with E-state index in [-0.39, 0.29) is 11.8 Å². The Labute approximate surface area is 366 Å². The van der Waals surface area contributed by atoms with Crippen molar-refractivity contribution < 1.29 is 4.74 Å². The lowest BCUT2D eigenvalue weighted by atomic mass is 9.61. The van der Waals surface area contributed by atoms with Crippen molar-refractivity contribution in [2.75, 3.05) is 0 Å². The van der Waals surface area contributed by atoms with Crippen molar-refractivity contribution in [3.63, 3.8) is 0 Å². The molecule has 9 aromatic rings. The van der Waals surface area contributed by atoms with Crippen LogP contribution in [0.4, 0.5) is 0 Å². The fourth-order valence-electron chi connectivity index (χ4n) is 11.1. The molecular weight excluding hydrogens is 767 g/mol. The average molecular weight is 808 g/mol. The Kier molecular flexibility index (Phi) is 8.04. The molecule has 1 aliphatic heterocycles. The number of hydrogen-bond acceptors (Lipinski definition) is 3. The van der Waals surface area contributed by atoms with E-state index in [2.05, 4.69) is 211 Å². The molecule has 63 heavy (non-hydrogen) atoms. The van der Waals surface area contributed by atoms with Gasteiger partial charge in [0.15, 0.2) is 5.82 Å². The highest BCUT2D eigenvalue weighted by Gasteiger charge is 2.56. The van der Waals surface area contributed by atoms with Gasteiger partial charge in [-0.3, -0.25) is 0 Å². The zero-order valence-electron chi connectivity index (χ0n) is 34.5. The zero-order valence-corrected chi connectivity index (χ0v) is 34.5. The first-order valence-electron chi connectivity index (χ1n) is 22.0. The summed E-state index contributed by atoms with van der Waals surface area (Å²) in [5.74, 6) is 2.92. The molecule has 3 unspecified atom stereocenters. The molecule has 0 saturated carbocycles. The van der Waals surface area contributed by atoms with Crippen LogP contribution in [0.1, 0.15) is 45.8 Å². The highest BCUT2D eigenvalue weighted by atomic mass is 16.5. The van der Waals surface area contributed by atoms with Crippen LogP contribution in [-0.4, -0.2) is 14.5 Å². The number of para-hydroxylation sites is 2. The first-order chi connectivity index (χ1) is 31.2. The molecule has 3 atom stereocenters. The number of rotatable bonds is 5. The van der Waals surface area contributed by atoms with Gasteiger partial charge in [0.05, 0.1) is 22.3 Å². The molecule has 7 aromatic carbocycles. The van der Waals surface area contributed by atoms with Crippen molar-refractivity contribution in [2.45, 2.75) is 24.2 Å².